The first-order chi connectivity index (χ1) is 11.8. The average molecular weight is 352 g/mol. The summed E-state index contributed by atoms with van der Waals surface area (Å²) in [5.74, 6) is -0.966. The second-order valence-electron chi connectivity index (χ2n) is 6.53. The predicted molar refractivity (Wildman–Crippen MR) is 86.4 cm³/mol. The highest BCUT2D eigenvalue weighted by molar-refractivity contribution is 5.90. The Morgan fingerprint density at radius 1 is 1.32 bits per heavy atom. The minimum atomic E-state index is -0.857. The van der Waals surface area contributed by atoms with Gasteiger partial charge in [0.1, 0.15) is 5.82 Å². The summed E-state index contributed by atoms with van der Waals surface area (Å²) in [6.45, 7) is 1.42. The third-order valence-electron chi connectivity index (χ3n) is 4.69. The first-order valence-corrected chi connectivity index (χ1v) is 8.26. The van der Waals surface area contributed by atoms with Crippen LogP contribution in [-0.4, -0.2) is 47.2 Å². The molecule has 3 rings (SSSR count). The van der Waals surface area contributed by atoms with Gasteiger partial charge in [-0.15, -0.1) is 0 Å². The van der Waals surface area contributed by atoms with Crippen LogP contribution in [0, 0.1) is 5.82 Å². The van der Waals surface area contributed by atoms with Crippen molar-refractivity contribution in [2.45, 2.75) is 50.5 Å². The van der Waals surface area contributed by atoms with Crippen LogP contribution in [0.25, 0.3) is 0 Å². The molecule has 2 fully saturated rings. The molecule has 3 N–H and O–H groups in total. The van der Waals surface area contributed by atoms with Crippen molar-refractivity contribution in [3.8, 4) is 0 Å². The maximum atomic E-state index is 14.6. The van der Waals surface area contributed by atoms with Crippen molar-refractivity contribution in [2.24, 2.45) is 0 Å². The maximum Gasteiger partial charge on any atom is 0.416 e. The zero-order chi connectivity index (χ0) is 18.1. The number of carbonyl (C=O) groups is 2. The van der Waals surface area contributed by atoms with Crippen molar-refractivity contribution < 1.29 is 28.9 Å². The van der Waals surface area contributed by atoms with Crippen molar-refractivity contribution in [3.05, 3.63) is 29.6 Å². The van der Waals surface area contributed by atoms with Crippen molar-refractivity contribution >= 4 is 17.7 Å². The van der Waals surface area contributed by atoms with Crippen LogP contribution in [0.4, 0.5) is 14.9 Å². The molecule has 136 valence electrons. The minimum absolute atomic E-state index is 0.103. The van der Waals surface area contributed by atoms with Gasteiger partial charge in [0.05, 0.1) is 24.4 Å². The van der Waals surface area contributed by atoms with Crippen molar-refractivity contribution in [2.75, 3.05) is 11.4 Å². The Balaban J connectivity index is 1.74. The van der Waals surface area contributed by atoms with Crippen molar-refractivity contribution in [1.82, 2.24) is 5.32 Å². The topological polar surface area (TPSA) is 99.1 Å². The van der Waals surface area contributed by atoms with Crippen LogP contribution in [-0.2, 0) is 9.53 Å². The molecule has 1 aliphatic carbocycles. The minimum Gasteiger partial charge on any atom is -0.423 e. The second kappa shape index (κ2) is 6.97. The van der Waals surface area contributed by atoms with Crippen molar-refractivity contribution in [3.63, 3.8) is 0 Å². The van der Waals surface area contributed by atoms with Gasteiger partial charge >= 0.3 is 6.09 Å². The maximum absolute atomic E-state index is 14.6. The lowest BCUT2D eigenvalue weighted by Crippen LogP contribution is -2.36. The van der Waals surface area contributed by atoms with E-state index in [0.29, 0.717) is 30.5 Å². The van der Waals surface area contributed by atoms with Gasteiger partial charge in [0, 0.05) is 6.92 Å². The van der Waals surface area contributed by atoms with Gasteiger partial charge in [0.15, 0.2) is 6.23 Å². The predicted octanol–water partition coefficient (Wildman–Crippen LogP) is 1.23. The number of rotatable bonds is 3. The SMILES string of the molecule is CC(=O)NC1CN(c2ccc(C3CCC(O)C(O)C3)c(F)c2)C(=O)O1. The summed E-state index contributed by atoms with van der Waals surface area (Å²) < 4.78 is 19.6. The Morgan fingerprint density at radius 2 is 2.08 bits per heavy atom. The number of cyclic esters (lactones) is 1. The number of nitrogens with zero attached hydrogens (tertiary/aromatic N) is 1. The lowest BCUT2D eigenvalue weighted by Gasteiger charge is -2.30. The van der Waals surface area contributed by atoms with Gasteiger partial charge in [-0.1, -0.05) is 6.07 Å². The monoisotopic (exact) mass is 352 g/mol. The Morgan fingerprint density at radius 3 is 2.72 bits per heavy atom. The number of ether oxygens (including phenoxy) is 1. The molecule has 2 amide bonds. The van der Waals surface area contributed by atoms with E-state index in [2.05, 4.69) is 5.32 Å². The third-order valence-corrected chi connectivity index (χ3v) is 4.69. The van der Waals surface area contributed by atoms with Gasteiger partial charge in [-0.3, -0.25) is 9.69 Å². The summed E-state index contributed by atoms with van der Waals surface area (Å²) in [7, 11) is 0. The number of amides is 2. The number of aliphatic hydroxyl groups excluding tert-OH is 2. The third kappa shape index (κ3) is 3.74. The van der Waals surface area contributed by atoms with Crippen LogP contribution in [0.1, 0.15) is 37.7 Å². The Hall–Kier alpha value is -2.19. The van der Waals surface area contributed by atoms with Crippen LogP contribution in [0.15, 0.2) is 18.2 Å². The number of nitrogens with one attached hydrogen (secondary N) is 1. The highest BCUT2D eigenvalue weighted by atomic mass is 19.1. The van der Waals surface area contributed by atoms with Crippen LogP contribution >= 0.6 is 0 Å². The standard InChI is InChI=1S/C17H21FN2O5/c1-9(21)19-16-8-20(17(24)25-16)11-3-4-12(13(18)7-11)10-2-5-14(22)15(23)6-10/h3-4,7,10,14-16,22-23H,2,5-6,8H2,1H3,(H,19,21). The number of hydrogen-bond acceptors (Lipinski definition) is 5. The number of anilines is 1. The highest BCUT2D eigenvalue weighted by Gasteiger charge is 2.34. The van der Waals surface area contributed by atoms with E-state index in [1.165, 1.54) is 17.9 Å². The molecule has 1 aliphatic heterocycles. The first kappa shape index (κ1) is 17.6. The number of benzene rings is 1. The van der Waals surface area contributed by atoms with E-state index in [0.717, 1.165) is 0 Å². The highest BCUT2D eigenvalue weighted by Crippen LogP contribution is 2.36. The van der Waals surface area contributed by atoms with Crippen molar-refractivity contribution in [1.29, 1.82) is 0 Å². The summed E-state index contributed by atoms with van der Waals surface area (Å²) in [5.41, 5.74) is 0.802. The molecule has 0 aromatic heterocycles. The fraction of sp³-hybridized carbons (Fsp3) is 0.529. The summed E-state index contributed by atoms with van der Waals surface area (Å²) >= 11 is 0. The van der Waals surface area contributed by atoms with Gasteiger partial charge in [-0.2, -0.15) is 0 Å². The zero-order valence-electron chi connectivity index (χ0n) is 13.8. The molecule has 1 heterocycles. The summed E-state index contributed by atoms with van der Waals surface area (Å²) in [6.07, 6.45) is -1.72. The normalized spacial score (nSPS) is 29.4. The second-order valence-corrected chi connectivity index (χ2v) is 6.53. The number of halogens is 1. The summed E-state index contributed by atoms with van der Waals surface area (Å²) in [5, 5.41) is 21.9. The fourth-order valence-corrected chi connectivity index (χ4v) is 3.40. The molecule has 2 aliphatic rings. The van der Waals surface area contributed by atoms with Crippen LogP contribution in [0.2, 0.25) is 0 Å². The molecule has 1 saturated heterocycles. The molecule has 0 bridgehead atoms. The Kier molecular flexibility index (Phi) is 4.91. The van der Waals surface area contributed by atoms with Gasteiger partial charge in [-0.05, 0) is 42.9 Å². The lowest BCUT2D eigenvalue weighted by molar-refractivity contribution is -0.121. The van der Waals surface area contributed by atoms with Gasteiger partial charge in [0.2, 0.25) is 5.91 Å². The van der Waals surface area contributed by atoms with Crippen LogP contribution in [0.5, 0.6) is 0 Å². The van der Waals surface area contributed by atoms with E-state index in [1.54, 1.807) is 12.1 Å². The molecule has 1 aromatic rings. The molecular weight excluding hydrogens is 331 g/mol. The van der Waals surface area contributed by atoms with E-state index in [9.17, 15) is 24.2 Å². The molecule has 8 heteroatoms. The molecule has 4 atom stereocenters. The molecule has 0 radical (unpaired) electrons. The van der Waals surface area contributed by atoms with E-state index in [1.807, 2.05) is 0 Å². The van der Waals surface area contributed by atoms with Crippen LogP contribution in [0.3, 0.4) is 0 Å². The quantitative estimate of drug-likeness (QED) is 0.760. The number of carbonyl (C=O) groups excluding carboxylic acids is 2. The van der Waals surface area contributed by atoms with E-state index in [4.69, 9.17) is 4.74 Å². The largest absolute Gasteiger partial charge is 0.423 e. The van der Waals surface area contributed by atoms with Gasteiger partial charge in [-0.25, -0.2) is 9.18 Å². The van der Waals surface area contributed by atoms with Gasteiger partial charge < -0.3 is 20.3 Å². The molecule has 4 unspecified atom stereocenters. The smallest absolute Gasteiger partial charge is 0.416 e. The Labute approximate surface area is 144 Å². The van der Waals surface area contributed by atoms with E-state index in [-0.39, 0.29) is 18.4 Å². The molecule has 0 spiro atoms. The first-order valence-electron chi connectivity index (χ1n) is 8.26. The van der Waals surface area contributed by atoms with Crippen LogP contribution < -0.4 is 10.2 Å². The van der Waals surface area contributed by atoms with Gasteiger partial charge in [0.25, 0.3) is 0 Å². The lowest BCUT2D eigenvalue weighted by atomic mass is 9.81. The summed E-state index contributed by atoms with van der Waals surface area (Å²) in [6, 6.07) is 4.47. The van der Waals surface area contributed by atoms with E-state index >= 15 is 0 Å². The molecule has 1 aromatic carbocycles. The van der Waals surface area contributed by atoms with E-state index < -0.39 is 30.3 Å². The Bertz CT molecular complexity index is 683. The number of aliphatic hydroxyl groups is 2. The number of hydrogen-bond donors (Lipinski definition) is 3. The average Bonchev–Trinajstić information content (AvgIpc) is 2.89. The summed E-state index contributed by atoms with van der Waals surface area (Å²) in [4.78, 5) is 24.2. The molecule has 7 nitrogen and oxygen atoms in total. The molecule has 25 heavy (non-hydrogen) atoms. The molecular formula is C17H21FN2O5. The molecule has 1 saturated carbocycles. The fourth-order valence-electron chi connectivity index (χ4n) is 3.40. The zero-order valence-corrected chi connectivity index (χ0v) is 13.8.